The Morgan fingerprint density at radius 1 is 0.643 bits per heavy atom. The van der Waals surface area contributed by atoms with Crippen LogP contribution in [-0.2, 0) is 0 Å². The van der Waals surface area contributed by atoms with Crippen LogP contribution in [0.1, 0.15) is 25.7 Å². The SMILES string of the molecule is [C]1=CCCC=CC=CC=CC=CCC1. The third-order valence-corrected chi connectivity index (χ3v) is 1.91. The van der Waals surface area contributed by atoms with Gasteiger partial charge in [-0.25, -0.2) is 0 Å². The Bertz CT molecular complexity index is 234. The van der Waals surface area contributed by atoms with Crippen LogP contribution in [0.2, 0.25) is 0 Å². The third kappa shape index (κ3) is 6.24. The fourth-order valence-electron chi connectivity index (χ4n) is 1.16. The van der Waals surface area contributed by atoms with Crippen molar-refractivity contribution in [1.82, 2.24) is 0 Å². The molecule has 0 unspecified atom stereocenters. The fraction of sp³-hybridized carbons (Fsp3) is 0.286. The van der Waals surface area contributed by atoms with Gasteiger partial charge in [0, 0.05) is 0 Å². The van der Waals surface area contributed by atoms with Gasteiger partial charge < -0.3 is 0 Å². The highest BCUT2D eigenvalue weighted by Crippen LogP contribution is 1.98. The molecule has 1 aliphatic rings. The predicted octanol–water partition coefficient (Wildman–Crippen LogP) is 4.14. The molecule has 14 heavy (non-hydrogen) atoms. The molecule has 0 aromatic heterocycles. The van der Waals surface area contributed by atoms with Gasteiger partial charge in [-0.05, 0) is 31.8 Å². The van der Waals surface area contributed by atoms with Gasteiger partial charge in [0.1, 0.15) is 0 Å². The van der Waals surface area contributed by atoms with Gasteiger partial charge in [-0.1, -0.05) is 54.7 Å². The molecular weight excluding hydrogens is 168 g/mol. The van der Waals surface area contributed by atoms with Crippen LogP contribution in [0.3, 0.4) is 0 Å². The molecule has 0 heteroatoms. The Hall–Kier alpha value is -1.30. The number of rotatable bonds is 0. The van der Waals surface area contributed by atoms with E-state index < -0.39 is 0 Å². The van der Waals surface area contributed by atoms with E-state index in [0.717, 1.165) is 25.7 Å². The average molecular weight is 185 g/mol. The van der Waals surface area contributed by atoms with Gasteiger partial charge in [0.25, 0.3) is 0 Å². The fourth-order valence-corrected chi connectivity index (χ4v) is 1.16. The van der Waals surface area contributed by atoms with Crippen molar-refractivity contribution in [2.75, 3.05) is 0 Å². The molecular formula is C14H17. The highest BCUT2D eigenvalue weighted by molar-refractivity contribution is 5.15. The van der Waals surface area contributed by atoms with Gasteiger partial charge in [0.2, 0.25) is 0 Å². The van der Waals surface area contributed by atoms with Crippen LogP contribution in [0.4, 0.5) is 0 Å². The van der Waals surface area contributed by atoms with E-state index in [4.69, 9.17) is 0 Å². The van der Waals surface area contributed by atoms with Crippen LogP contribution in [0.5, 0.6) is 0 Å². The molecule has 0 heterocycles. The molecule has 0 aromatic carbocycles. The molecule has 73 valence electrons. The monoisotopic (exact) mass is 185 g/mol. The first-order valence-electron chi connectivity index (χ1n) is 5.20. The smallest absolute Gasteiger partial charge is 0.0245 e. The lowest BCUT2D eigenvalue weighted by Crippen LogP contribution is -1.68. The molecule has 0 bridgehead atoms. The minimum Gasteiger partial charge on any atom is -0.0842 e. The van der Waals surface area contributed by atoms with E-state index in [-0.39, 0.29) is 0 Å². The Balaban J connectivity index is 2.46. The topological polar surface area (TPSA) is 0 Å². The molecule has 0 atom stereocenters. The number of hydrogen-bond donors (Lipinski definition) is 0. The van der Waals surface area contributed by atoms with Gasteiger partial charge >= 0.3 is 0 Å². The third-order valence-electron chi connectivity index (χ3n) is 1.91. The van der Waals surface area contributed by atoms with Crippen molar-refractivity contribution < 1.29 is 0 Å². The van der Waals surface area contributed by atoms with Crippen molar-refractivity contribution in [1.29, 1.82) is 0 Å². The summed E-state index contributed by atoms with van der Waals surface area (Å²) in [6.45, 7) is 0. The van der Waals surface area contributed by atoms with Crippen molar-refractivity contribution in [3.05, 3.63) is 60.8 Å². The average Bonchev–Trinajstić information content (AvgIpc) is 2.22. The highest BCUT2D eigenvalue weighted by atomic mass is 13.8. The van der Waals surface area contributed by atoms with Crippen LogP contribution >= 0.6 is 0 Å². The molecule has 0 spiro atoms. The first-order chi connectivity index (χ1) is 7.00. The zero-order valence-electron chi connectivity index (χ0n) is 8.52. The van der Waals surface area contributed by atoms with Gasteiger partial charge in [0.15, 0.2) is 0 Å². The van der Waals surface area contributed by atoms with Crippen molar-refractivity contribution in [3.8, 4) is 0 Å². The first kappa shape index (κ1) is 10.8. The minimum absolute atomic E-state index is 1.03. The summed E-state index contributed by atoms with van der Waals surface area (Å²) in [6, 6.07) is 0. The van der Waals surface area contributed by atoms with Gasteiger partial charge in [0.05, 0.1) is 0 Å². The van der Waals surface area contributed by atoms with Gasteiger partial charge in [-0.3, -0.25) is 0 Å². The number of hydrogen-bond acceptors (Lipinski definition) is 0. The van der Waals surface area contributed by atoms with E-state index in [0.29, 0.717) is 0 Å². The molecule has 0 fully saturated rings. The Morgan fingerprint density at radius 3 is 2.07 bits per heavy atom. The van der Waals surface area contributed by atoms with Crippen molar-refractivity contribution >= 4 is 0 Å². The summed E-state index contributed by atoms with van der Waals surface area (Å²) in [5.41, 5.74) is 0. The second-order valence-corrected chi connectivity index (χ2v) is 3.15. The lowest BCUT2D eigenvalue weighted by molar-refractivity contribution is 0.984. The summed E-state index contributed by atoms with van der Waals surface area (Å²) in [7, 11) is 0. The van der Waals surface area contributed by atoms with E-state index in [1.165, 1.54) is 0 Å². The highest BCUT2D eigenvalue weighted by Gasteiger charge is 1.79. The summed E-state index contributed by atoms with van der Waals surface area (Å²) in [5.74, 6) is 0. The van der Waals surface area contributed by atoms with Crippen LogP contribution in [0, 0.1) is 6.08 Å². The molecule has 1 rings (SSSR count). The van der Waals surface area contributed by atoms with E-state index in [9.17, 15) is 0 Å². The minimum atomic E-state index is 1.03. The second-order valence-electron chi connectivity index (χ2n) is 3.15. The Morgan fingerprint density at radius 2 is 1.29 bits per heavy atom. The van der Waals surface area contributed by atoms with Crippen molar-refractivity contribution in [2.45, 2.75) is 25.7 Å². The summed E-state index contributed by atoms with van der Waals surface area (Å²) >= 11 is 0. The van der Waals surface area contributed by atoms with Gasteiger partial charge in [-0.2, -0.15) is 0 Å². The molecule has 0 N–H and O–H groups in total. The maximum Gasteiger partial charge on any atom is -0.0245 e. The molecule has 0 saturated carbocycles. The first-order valence-corrected chi connectivity index (χ1v) is 5.20. The molecule has 0 aliphatic heterocycles. The molecule has 0 amide bonds. The second kappa shape index (κ2) is 8.31. The molecule has 0 saturated heterocycles. The predicted molar refractivity (Wildman–Crippen MR) is 62.8 cm³/mol. The van der Waals surface area contributed by atoms with E-state index in [1.54, 1.807) is 0 Å². The van der Waals surface area contributed by atoms with Crippen molar-refractivity contribution in [3.63, 3.8) is 0 Å². The summed E-state index contributed by atoms with van der Waals surface area (Å²) in [4.78, 5) is 0. The molecule has 1 radical (unpaired) electrons. The zero-order valence-corrected chi connectivity index (χ0v) is 8.52. The number of allylic oxidation sites excluding steroid dienone is 10. The van der Waals surface area contributed by atoms with E-state index in [1.807, 2.05) is 6.08 Å². The molecule has 0 aromatic rings. The largest absolute Gasteiger partial charge is 0.0842 e. The van der Waals surface area contributed by atoms with E-state index >= 15 is 0 Å². The van der Waals surface area contributed by atoms with Crippen LogP contribution in [0.25, 0.3) is 0 Å². The van der Waals surface area contributed by atoms with Crippen LogP contribution in [0.15, 0.2) is 54.7 Å². The summed E-state index contributed by atoms with van der Waals surface area (Å²) in [6.07, 6.45) is 26.5. The maximum atomic E-state index is 3.29. The van der Waals surface area contributed by atoms with Crippen LogP contribution in [-0.4, -0.2) is 0 Å². The van der Waals surface area contributed by atoms with Gasteiger partial charge in [-0.15, -0.1) is 0 Å². The Labute approximate surface area is 87.0 Å². The lowest BCUT2D eigenvalue weighted by Gasteiger charge is -1.87. The van der Waals surface area contributed by atoms with E-state index in [2.05, 4.69) is 54.7 Å². The molecule has 1 aliphatic carbocycles. The summed E-state index contributed by atoms with van der Waals surface area (Å²) in [5, 5.41) is 0. The standard InChI is InChI=1S/C14H17/c1-2-4-6-8-10-12-14-13-11-9-7-5-3-1/h1-8,13H,9-12H2. The summed E-state index contributed by atoms with van der Waals surface area (Å²) < 4.78 is 0. The quantitative estimate of drug-likeness (QED) is 0.532. The van der Waals surface area contributed by atoms with Crippen LogP contribution < -0.4 is 0 Å². The normalized spacial score (nSPS) is 18.3. The molecule has 0 nitrogen and oxygen atoms in total. The Kier molecular flexibility index (Phi) is 6.39. The van der Waals surface area contributed by atoms with Crippen molar-refractivity contribution in [2.24, 2.45) is 0 Å². The lowest BCUT2D eigenvalue weighted by atomic mass is 10.2. The zero-order chi connectivity index (χ0) is 9.90. The maximum absolute atomic E-state index is 3.29.